The predicted molar refractivity (Wildman–Crippen MR) is 85.4 cm³/mol. The maximum atomic E-state index is 4.70. The SMILES string of the molecule is CCCNCc1c(C)nn(Cc2cc(CC)nn2C)c1C. The van der Waals surface area contributed by atoms with Crippen LogP contribution in [0.3, 0.4) is 0 Å². The molecule has 0 radical (unpaired) electrons. The first kappa shape index (κ1) is 15.8. The third kappa shape index (κ3) is 3.53. The van der Waals surface area contributed by atoms with Crippen LogP contribution in [0.4, 0.5) is 0 Å². The zero-order valence-electron chi connectivity index (χ0n) is 13.9. The first-order valence-electron chi connectivity index (χ1n) is 7.82. The van der Waals surface area contributed by atoms with Crippen molar-refractivity contribution in [3.05, 3.63) is 34.4 Å². The summed E-state index contributed by atoms with van der Waals surface area (Å²) >= 11 is 0. The fourth-order valence-corrected chi connectivity index (χ4v) is 2.58. The molecule has 0 saturated heterocycles. The number of hydrogen-bond donors (Lipinski definition) is 1. The number of nitrogens with zero attached hydrogens (tertiary/aromatic N) is 4. The van der Waals surface area contributed by atoms with Crippen molar-refractivity contribution in [1.82, 2.24) is 24.9 Å². The number of aryl methyl sites for hydroxylation is 3. The minimum Gasteiger partial charge on any atom is -0.313 e. The number of rotatable bonds is 7. The molecule has 0 amide bonds. The molecule has 2 aromatic rings. The summed E-state index contributed by atoms with van der Waals surface area (Å²) in [7, 11) is 2.00. The second kappa shape index (κ2) is 6.89. The van der Waals surface area contributed by atoms with E-state index in [0.29, 0.717) is 0 Å². The van der Waals surface area contributed by atoms with Gasteiger partial charge in [-0.3, -0.25) is 9.36 Å². The molecular formula is C16H27N5. The van der Waals surface area contributed by atoms with Crippen molar-refractivity contribution < 1.29 is 0 Å². The highest BCUT2D eigenvalue weighted by atomic mass is 15.3. The molecule has 0 atom stereocenters. The first-order chi connectivity index (χ1) is 10.1. The summed E-state index contributed by atoms with van der Waals surface area (Å²) in [4.78, 5) is 0. The van der Waals surface area contributed by atoms with Gasteiger partial charge in [-0.2, -0.15) is 10.2 Å². The van der Waals surface area contributed by atoms with E-state index in [1.807, 2.05) is 11.7 Å². The Morgan fingerprint density at radius 2 is 1.95 bits per heavy atom. The van der Waals surface area contributed by atoms with E-state index in [0.717, 1.165) is 43.9 Å². The van der Waals surface area contributed by atoms with Crippen LogP contribution < -0.4 is 5.32 Å². The molecule has 0 aliphatic carbocycles. The molecule has 5 nitrogen and oxygen atoms in total. The van der Waals surface area contributed by atoms with Crippen molar-refractivity contribution in [2.24, 2.45) is 7.05 Å². The Morgan fingerprint density at radius 3 is 2.57 bits per heavy atom. The van der Waals surface area contributed by atoms with Crippen molar-refractivity contribution in [1.29, 1.82) is 0 Å². The molecule has 0 bridgehead atoms. The zero-order chi connectivity index (χ0) is 15.4. The third-order valence-corrected chi connectivity index (χ3v) is 3.96. The van der Waals surface area contributed by atoms with Gasteiger partial charge in [-0.25, -0.2) is 0 Å². The van der Waals surface area contributed by atoms with E-state index < -0.39 is 0 Å². The van der Waals surface area contributed by atoms with E-state index in [4.69, 9.17) is 5.10 Å². The van der Waals surface area contributed by atoms with Crippen LogP contribution in [0.2, 0.25) is 0 Å². The fraction of sp³-hybridized carbons (Fsp3) is 0.625. The van der Waals surface area contributed by atoms with Crippen molar-refractivity contribution in [3.63, 3.8) is 0 Å². The predicted octanol–water partition coefficient (Wildman–Crippen LogP) is 2.34. The van der Waals surface area contributed by atoms with E-state index in [-0.39, 0.29) is 0 Å². The lowest BCUT2D eigenvalue weighted by atomic mass is 10.2. The van der Waals surface area contributed by atoms with Crippen LogP contribution >= 0.6 is 0 Å². The molecule has 0 aliphatic rings. The van der Waals surface area contributed by atoms with Crippen LogP contribution in [0.5, 0.6) is 0 Å². The van der Waals surface area contributed by atoms with Crippen molar-refractivity contribution in [2.45, 2.75) is 53.6 Å². The summed E-state index contributed by atoms with van der Waals surface area (Å²) in [6.07, 6.45) is 2.12. The van der Waals surface area contributed by atoms with Crippen LogP contribution in [0.15, 0.2) is 6.07 Å². The molecule has 0 unspecified atom stereocenters. The molecule has 5 heteroatoms. The molecule has 21 heavy (non-hydrogen) atoms. The minimum absolute atomic E-state index is 0.782. The van der Waals surface area contributed by atoms with E-state index in [9.17, 15) is 0 Å². The van der Waals surface area contributed by atoms with Gasteiger partial charge in [0.2, 0.25) is 0 Å². The van der Waals surface area contributed by atoms with Crippen LogP contribution in [-0.2, 0) is 26.6 Å². The monoisotopic (exact) mass is 289 g/mol. The zero-order valence-corrected chi connectivity index (χ0v) is 13.9. The van der Waals surface area contributed by atoms with Gasteiger partial charge in [0.15, 0.2) is 0 Å². The molecule has 0 aromatic carbocycles. The van der Waals surface area contributed by atoms with Gasteiger partial charge in [0.1, 0.15) is 0 Å². The molecule has 2 aromatic heterocycles. The summed E-state index contributed by atoms with van der Waals surface area (Å²) in [5.74, 6) is 0. The van der Waals surface area contributed by atoms with Crippen molar-refractivity contribution in [2.75, 3.05) is 6.54 Å². The van der Waals surface area contributed by atoms with E-state index in [2.05, 4.69) is 48.9 Å². The Bertz CT molecular complexity index is 594. The average molecular weight is 289 g/mol. The van der Waals surface area contributed by atoms with Crippen molar-refractivity contribution in [3.8, 4) is 0 Å². The normalized spacial score (nSPS) is 11.3. The summed E-state index contributed by atoms with van der Waals surface area (Å²) in [5.41, 5.74) is 6.02. The van der Waals surface area contributed by atoms with Gasteiger partial charge in [0.25, 0.3) is 0 Å². The van der Waals surface area contributed by atoms with Gasteiger partial charge in [0, 0.05) is 24.8 Å². The quantitative estimate of drug-likeness (QED) is 0.796. The molecule has 2 heterocycles. The molecular weight excluding hydrogens is 262 g/mol. The Kier molecular flexibility index (Phi) is 5.17. The van der Waals surface area contributed by atoms with E-state index >= 15 is 0 Å². The Morgan fingerprint density at radius 1 is 1.19 bits per heavy atom. The summed E-state index contributed by atoms with van der Waals surface area (Å²) in [6, 6.07) is 2.17. The van der Waals surface area contributed by atoms with Crippen LogP contribution in [-0.4, -0.2) is 26.1 Å². The highest BCUT2D eigenvalue weighted by Gasteiger charge is 2.13. The second-order valence-electron chi connectivity index (χ2n) is 5.59. The number of aromatic nitrogens is 4. The highest BCUT2D eigenvalue weighted by Crippen LogP contribution is 2.15. The Labute approximate surface area is 127 Å². The number of nitrogens with one attached hydrogen (secondary N) is 1. The Balaban J connectivity index is 2.16. The summed E-state index contributed by atoms with van der Waals surface area (Å²) in [6.45, 7) is 11.3. The standard InChI is InChI=1S/C16H27N5/c1-6-8-17-10-16-12(3)18-21(13(16)4)11-15-9-14(7-2)19-20(15)5/h9,17H,6-8,10-11H2,1-5H3. The van der Waals surface area contributed by atoms with Gasteiger partial charge in [-0.15, -0.1) is 0 Å². The lowest BCUT2D eigenvalue weighted by molar-refractivity contribution is 0.601. The number of hydrogen-bond acceptors (Lipinski definition) is 3. The fourth-order valence-electron chi connectivity index (χ4n) is 2.58. The molecule has 2 rings (SSSR count). The summed E-state index contributed by atoms with van der Waals surface area (Å²) < 4.78 is 4.05. The second-order valence-corrected chi connectivity index (χ2v) is 5.59. The average Bonchev–Trinajstić information content (AvgIpc) is 2.94. The van der Waals surface area contributed by atoms with Gasteiger partial charge in [-0.1, -0.05) is 13.8 Å². The maximum Gasteiger partial charge on any atom is 0.0831 e. The first-order valence-corrected chi connectivity index (χ1v) is 7.82. The minimum atomic E-state index is 0.782. The highest BCUT2D eigenvalue weighted by molar-refractivity contribution is 5.25. The van der Waals surface area contributed by atoms with E-state index in [1.165, 1.54) is 17.0 Å². The summed E-state index contributed by atoms with van der Waals surface area (Å²) in [5, 5.41) is 12.7. The largest absolute Gasteiger partial charge is 0.313 e. The van der Waals surface area contributed by atoms with Gasteiger partial charge < -0.3 is 5.32 Å². The maximum absolute atomic E-state index is 4.70. The third-order valence-electron chi connectivity index (χ3n) is 3.96. The molecule has 0 spiro atoms. The van der Waals surface area contributed by atoms with Crippen LogP contribution in [0.25, 0.3) is 0 Å². The van der Waals surface area contributed by atoms with Crippen LogP contribution in [0.1, 0.15) is 48.6 Å². The Hall–Kier alpha value is -1.62. The van der Waals surface area contributed by atoms with E-state index in [1.54, 1.807) is 0 Å². The lowest BCUT2D eigenvalue weighted by Gasteiger charge is -2.06. The molecule has 116 valence electrons. The van der Waals surface area contributed by atoms with Crippen molar-refractivity contribution >= 4 is 0 Å². The molecule has 0 fully saturated rings. The molecule has 0 saturated carbocycles. The lowest BCUT2D eigenvalue weighted by Crippen LogP contribution is -2.15. The van der Waals surface area contributed by atoms with Gasteiger partial charge in [-0.05, 0) is 39.3 Å². The van der Waals surface area contributed by atoms with Gasteiger partial charge in [0.05, 0.1) is 23.6 Å². The topological polar surface area (TPSA) is 47.7 Å². The van der Waals surface area contributed by atoms with Crippen LogP contribution in [0, 0.1) is 13.8 Å². The molecule has 0 aliphatic heterocycles. The smallest absolute Gasteiger partial charge is 0.0831 e. The van der Waals surface area contributed by atoms with Gasteiger partial charge >= 0.3 is 0 Å². The molecule has 1 N–H and O–H groups in total.